The third kappa shape index (κ3) is 3.57. The molecular weight excluding hydrogens is 404 g/mol. The summed E-state index contributed by atoms with van der Waals surface area (Å²) < 4.78 is 29.2. The van der Waals surface area contributed by atoms with Gasteiger partial charge in [0.2, 0.25) is 5.91 Å². The molecule has 0 fully saturated rings. The third-order valence-electron chi connectivity index (χ3n) is 4.28. The van der Waals surface area contributed by atoms with Crippen LogP contribution in [0.2, 0.25) is 0 Å². The minimum Gasteiger partial charge on any atom is -0.311 e. The van der Waals surface area contributed by atoms with Crippen LogP contribution in [0, 0.1) is 0 Å². The van der Waals surface area contributed by atoms with E-state index in [-0.39, 0.29) is 10.8 Å². The van der Waals surface area contributed by atoms with Crippen LogP contribution < -0.4 is 9.62 Å². The molecule has 2 aromatic rings. The molecule has 0 spiro atoms. The van der Waals surface area contributed by atoms with E-state index in [4.69, 9.17) is 0 Å². The average molecular weight is 423 g/mol. The van der Waals surface area contributed by atoms with Gasteiger partial charge in [0.15, 0.2) is 0 Å². The van der Waals surface area contributed by atoms with Crippen molar-refractivity contribution in [2.75, 3.05) is 16.2 Å². The van der Waals surface area contributed by atoms with Gasteiger partial charge in [-0.2, -0.15) is 0 Å². The van der Waals surface area contributed by atoms with E-state index < -0.39 is 10.0 Å². The highest BCUT2D eigenvalue weighted by atomic mass is 79.9. The van der Waals surface area contributed by atoms with Gasteiger partial charge in [-0.3, -0.25) is 9.52 Å². The molecule has 132 valence electrons. The molecule has 25 heavy (non-hydrogen) atoms. The number of rotatable bonds is 4. The first kappa shape index (κ1) is 17.9. The van der Waals surface area contributed by atoms with Crippen LogP contribution in [0.3, 0.4) is 0 Å². The van der Waals surface area contributed by atoms with Gasteiger partial charge in [-0.15, -0.1) is 0 Å². The number of amides is 1. The van der Waals surface area contributed by atoms with Gasteiger partial charge >= 0.3 is 0 Å². The number of hydrogen-bond acceptors (Lipinski definition) is 3. The van der Waals surface area contributed by atoms with Crippen molar-refractivity contribution >= 4 is 43.2 Å². The summed E-state index contributed by atoms with van der Waals surface area (Å²) in [7, 11) is -3.82. The van der Waals surface area contributed by atoms with Crippen molar-refractivity contribution in [3.63, 3.8) is 0 Å². The first-order valence-corrected chi connectivity index (χ1v) is 10.3. The second-order valence-electron chi connectivity index (χ2n) is 5.99. The molecule has 0 radical (unpaired) electrons. The third-order valence-corrected chi connectivity index (χ3v) is 6.13. The van der Waals surface area contributed by atoms with Gasteiger partial charge in [0.1, 0.15) is 4.90 Å². The van der Waals surface area contributed by atoms with Gasteiger partial charge in [-0.1, -0.05) is 35.0 Å². The summed E-state index contributed by atoms with van der Waals surface area (Å²) in [4.78, 5) is 13.5. The lowest BCUT2D eigenvalue weighted by molar-refractivity contribution is -0.116. The number of nitrogens with one attached hydrogen (secondary N) is 1. The molecule has 0 aliphatic carbocycles. The van der Waals surface area contributed by atoms with Gasteiger partial charge in [0, 0.05) is 23.6 Å². The molecular formula is C18H19BrN2O3S. The monoisotopic (exact) mass is 422 g/mol. The molecule has 0 saturated heterocycles. The summed E-state index contributed by atoms with van der Waals surface area (Å²) in [6, 6.07) is 10.7. The summed E-state index contributed by atoms with van der Waals surface area (Å²) >= 11 is 3.37. The van der Waals surface area contributed by atoms with Crippen molar-refractivity contribution in [2.24, 2.45) is 0 Å². The molecule has 1 N–H and O–H groups in total. The molecule has 0 unspecified atom stereocenters. The van der Waals surface area contributed by atoms with Crippen molar-refractivity contribution in [3.8, 4) is 0 Å². The maximum Gasteiger partial charge on any atom is 0.264 e. The number of halogens is 1. The van der Waals surface area contributed by atoms with Crippen LogP contribution in [0.15, 0.2) is 45.8 Å². The van der Waals surface area contributed by atoms with Crippen LogP contribution in [0.25, 0.3) is 0 Å². The Bertz CT molecular complexity index is 924. The van der Waals surface area contributed by atoms with Gasteiger partial charge in [-0.25, -0.2) is 8.42 Å². The number of carbonyl (C=O) groups is 1. The number of carbonyl (C=O) groups excluding carboxylic acids is 1. The predicted octanol–water partition coefficient (Wildman–Crippen LogP) is 3.72. The topological polar surface area (TPSA) is 66.5 Å². The minimum absolute atomic E-state index is 0.115. The van der Waals surface area contributed by atoms with E-state index >= 15 is 0 Å². The zero-order valence-corrected chi connectivity index (χ0v) is 16.4. The summed E-state index contributed by atoms with van der Waals surface area (Å²) in [6.07, 6.45) is 1.53. The van der Waals surface area contributed by atoms with E-state index in [0.29, 0.717) is 28.8 Å². The fourth-order valence-corrected chi connectivity index (χ4v) is 5.00. The van der Waals surface area contributed by atoms with Crippen LogP contribution >= 0.6 is 15.9 Å². The maximum atomic E-state index is 13.0. The van der Waals surface area contributed by atoms with Gasteiger partial charge in [-0.05, 0) is 48.2 Å². The Balaban J connectivity index is 2.04. The summed E-state index contributed by atoms with van der Waals surface area (Å²) in [5, 5.41) is 0. The highest BCUT2D eigenvalue weighted by molar-refractivity contribution is 9.10. The number of anilines is 2. The largest absolute Gasteiger partial charge is 0.311 e. The Labute approximate surface area is 156 Å². The van der Waals surface area contributed by atoms with E-state index in [1.807, 2.05) is 25.1 Å². The van der Waals surface area contributed by atoms with Crippen LogP contribution in [-0.4, -0.2) is 20.9 Å². The maximum absolute atomic E-state index is 13.0. The number of benzene rings is 2. The van der Waals surface area contributed by atoms with E-state index in [2.05, 4.69) is 20.7 Å². The molecule has 1 aliphatic heterocycles. The van der Waals surface area contributed by atoms with Crippen molar-refractivity contribution in [1.29, 1.82) is 0 Å². The molecule has 3 rings (SSSR count). The van der Waals surface area contributed by atoms with Crippen LogP contribution in [-0.2, 0) is 27.7 Å². The van der Waals surface area contributed by atoms with E-state index in [1.54, 1.807) is 18.2 Å². The van der Waals surface area contributed by atoms with Crippen LogP contribution in [0.1, 0.15) is 25.0 Å². The molecule has 1 heterocycles. The minimum atomic E-state index is -3.82. The Morgan fingerprint density at radius 2 is 1.92 bits per heavy atom. The normalized spacial score (nSPS) is 13.6. The standard InChI is InChI=1S/C18H19BrN2O3S/c1-3-13-4-6-16(7-5-13)20-25(23,24)17-11-15(19)10-14-8-9-21(12(2)22)18(14)17/h4-7,10-11,20H,3,8-9H2,1-2H3. The SMILES string of the molecule is CCc1ccc(NS(=O)(=O)c2cc(Br)cc3c2N(C(C)=O)CC3)cc1. The highest BCUT2D eigenvalue weighted by Crippen LogP contribution is 2.38. The first-order valence-electron chi connectivity index (χ1n) is 8.04. The quantitative estimate of drug-likeness (QED) is 0.815. The number of fused-ring (bicyclic) bond motifs is 1. The number of nitrogens with zero attached hydrogens (tertiary/aromatic N) is 1. The zero-order chi connectivity index (χ0) is 18.2. The van der Waals surface area contributed by atoms with E-state index in [9.17, 15) is 13.2 Å². The number of aryl methyl sites for hydroxylation is 1. The van der Waals surface area contributed by atoms with E-state index in [1.165, 1.54) is 11.8 Å². The van der Waals surface area contributed by atoms with Crippen molar-refractivity contribution < 1.29 is 13.2 Å². The van der Waals surface area contributed by atoms with E-state index in [0.717, 1.165) is 17.5 Å². The summed E-state index contributed by atoms with van der Waals surface area (Å²) in [5.41, 5.74) is 2.96. The molecule has 2 aromatic carbocycles. The zero-order valence-electron chi connectivity index (χ0n) is 14.0. The first-order chi connectivity index (χ1) is 11.8. The molecule has 0 bridgehead atoms. The van der Waals surface area contributed by atoms with Gasteiger partial charge < -0.3 is 4.90 Å². The summed E-state index contributed by atoms with van der Waals surface area (Å²) in [5.74, 6) is -0.162. The second kappa shape index (κ2) is 6.80. The average Bonchev–Trinajstić information content (AvgIpc) is 2.98. The molecule has 0 aromatic heterocycles. The molecule has 7 heteroatoms. The highest BCUT2D eigenvalue weighted by Gasteiger charge is 2.31. The fraction of sp³-hybridized carbons (Fsp3) is 0.278. The molecule has 0 atom stereocenters. The lowest BCUT2D eigenvalue weighted by atomic mass is 10.2. The second-order valence-corrected chi connectivity index (χ2v) is 8.55. The number of sulfonamides is 1. The lowest BCUT2D eigenvalue weighted by Crippen LogP contribution is -2.28. The summed E-state index contributed by atoms with van der Waals surface area (Å²) in [6.45, 7) is 3.99. The number of hydrogen-bond donors (Lipinski definition) is 1. The lowest BCUT2D eigenvalue weighted by Gasteiger charge is -2.19. The van der Waals surface area contributed by atoms with Gasteiger partial charge in [0.25, 0.3) is 10.0 Å². The van der Waals surface area contributed by atoms with Crippen LogP contribution in [0.5, 0.6) is 0 Å². The smallest absolute Gasteiger partial charge is 0.264 e. The van der Waals surface area contributed by atoms with Crippen LogP contribution in [0.4, 0.5) is 11.4 Å². The Hall–Kier alpha value is -1.86. The van der Waals surface area contributed by atoms with Gasteiger partial charge in [0.05, 0.1) is 5.69 Å². The molecule has 1 aliphatic rings. The fourth-order valence-electron chi connectivity index (χ4n) is 3.01. The molecule has 0 saturated carbocycles. The predicted molar refractivity (Wildman–Crippen MR) is 103 cm³/mol. The Kier molecular flexibility index (Phi) is 4.88. The van der Waals surface area contributed by atoms with Crippen molar-refractivity contribution in [3.05, 3.63) is 52.0 Å². The van der Waals surface area contributed by atoms with Crippen molar-refractivity contribution in [1.82, 2.24) is 0 Å². The molecule has 5 nitrogen and oxygen atoms in total. The Morgan fingerprint density at radius 3 is 2.52 bits per heavy atom. The molecule has 1 amide bonds. The Morgan fingerprint density at radius 1 is 1.24 bits per heavy atom. The van der Waals surface area contributed by atoms with Crippen molar-refractivity contribution in [2.45, 2.75) is 31.6 Å².